The van der Waals surface area contributed by atoms with Gasteiger partial charge in [0, 0.05) is 31.4 Å². The molecule has 1 aliphatic rings. The molecule has 2 heterocycles. The largest absolute Gasteiger partial charge is 0.305 e. The molecule has 0 bridgehead atoms. The van der Waals surface area contributed by atoms with Crippen LogP contribution in [0.15, 0.2) is 54.9 Å². The predicted octanol–water partition coefficient (Wildman–Crippen LogP) is 3.16. The summed E-state index contributed by atoms with van der Waals surface area (Å²) in [6, 6.07) is 17.8. The minimum atomic E-state index is 0.686. The molecule has 0 spiro atoms. The van der Waals surface area contributed by atoms with Gasteiger partial charge in [-0.15, -0.1) is 0 Å². The highest BCUT2D eigenvalue weighted by Gasteiger charge is 2.23. The Kier molecular flexibility index (Phi) is 4.08. The average molecular weight is 320 g/mol. The highest BCUT2D eigenvalue weighted by Crippen LogP contribution is 2.21. The molecule has 4 heteroatoms. The molecule has 1 aromatic heterocycles. The standard InChI is InChI=1S/C20H24N4/c1-22(2)18-10-11-23(14-18)13-16-6-5-7-17(12-16)24-15-21-19-8-3-4-9-20(19)24/h3-9,12,15,18H,10-11,13-14H2,1-2H3. The van der Waals surface area contributed by atoms with E-state index in [9.17, 15) is 0 Å². The van der Waals surface area contributed by atoms with E-state index in [4.69, 9.17) is 0 Å². The van der Waals surface area contributed by atoms with Crippen LogP contribution < -0.4 is 0 Å². The SMILES string of the molecule is CN(C)C1CCN(Cc2cccc(-n3cnc4ccccc43)c2)C1. The molecule has 1 atom stereocenters. The molecule has 3 aromatic rings. The minimum absolute atomic E-state index is 0.686. The molecule has 4 rings (SSSR count). The van der Waals surface area contributed by atoms with Crippen LogP contribution in [0.3, 0.4) is 0 Å². The molecule has 1 saturated heterocycles. The third-order valence-electron chi connectivity index (χ3n) is 5.03. The first-order valence-corrected chi connectivity index (χ1v) is 8.61. The Morgan fingerprint density at radius 3 is 2.83 bits per heavy atom. The fourth-order valence-corrected chi connectivity index (χ4v) is 3.61. The van der Waals surface area contributed by atoms with E-state index < -0.39 is 0 Å². The summed E-state index contributed by atoms with van der Waals surface area (Å²) in [5, 5.41) is 0. The lowest BCUT2D eigenvalue weighted by Gasteiger charge is -2.20. The highest BCUT2D eigenvalue weighted by atomic mass is 15.2. The summed E-state index contributed by atoms with van der Waals surface area (Å²) in [4.78, 5) is 9.40. The topological polar surface area (TPSA) is 24.3 Å². The first-order valence-electron chi connectivity index (χ1n) is 8.61. The first-order chi connectivity index (χ1) is 11.7. The lowest BCUT2D eigenvalue weighted by molar-refractivity contribution is 0.264. The van der Waals surface area contributed by atoms with Crippen molar-refractivity contribution in [3.05, 3.63) is 60.4 Å². The second-order valence-electron chi connectivity index (χ2n) is 6.91. The number of likely N-dealkylation sites (tertiary alicyclic amines) is 1. The summed E-state index contributed by atoms with van der Waals surface area (Å²) < 4.78 is 2.17. The van der Waals surface area contributed by atoms with Gasteiger partial charge in [0.25, 0.3) is 0 Å². The van der Waals surface area contributed by atoms with Gasteiger partial charge in [0.2, 0.25) is 0 Å². The first kappa shape index (κ1) is 15.4. The van der Waals surface area contributed by atoms with Crippen LogP contribution in [0, 0.1) is 0 Å². The zero-order valence-electron chi connectivity index (χ0n) is 14.4. The zero-order valence-corrected chi connectivity index (χ0v) is 14.4. The van der Waals surface area contributed by atoms with Crippen LogP contribution >= 0.6 is 0 Å². The Balaban J connectivity index is 1.56. The molecule has 1 unspecified atom stereocenters. The molecule has 1 fully saturated rings. The number of hydrogen-bond donors (Lipinski definition) is 0. The zero-order chi connectivity index (χ0) is 16.5. The van der Waals surface area contributed by atoms with Crippen molar-refractivity contribution < 1.29 is 0 Å². The summed E-state index contributed by atoms with van der Waals surface area (Å²) in [5.74, 6) is 0. The number of imidazole rings is 1. The van der Waals surface area contributed by atoms with E-state index in [2.05, 4.69) is 75.9 Å². The van der Waals surface area contributed by atoms with Gasteiger partial charge < -0.3 is 4.90 Å². The Hall–Kier alpha value is -2.17. The fourth-order valence-electron chi connectivity index (χ4n) is 3.61. The van der Waals surface area contributed by atoms with Crippen molar-refractivity contribution in [2.24, 2.45) is 0 Å². The maximum absolute atomic E-state index is 4.50. The van der Waals surface area contributed by atoms with Crippen LogP contribution in [0.4, 0.5) is 0 Å². The number of likely N-dealkylation sites (N-methyl/N-ethyl adjacent to an activating group) is 1. The third-order valence-corrected chi connectivity index (χ3v) is 5.03. The van der Waals surface area contributed by atoms with E-state index in [0.717, 1.165) is 24.1 Å². The summed E-state index contributed by atoms with van der Waals surface area (Å²) in [6.07, 6.45) is 3.18. The number of hydrogen-bond acceptors (Lipinski definition) is 3. The van der Waals surface area contributed by atoms with Gasteiger partial charge in [-0.1, -0.05) is 24.3 Å². The number of nitrogens with zero attached hydrogens (tertiary/aromatic N) is 4. The molecule has 2 aromatic carbocycles. The average Bonchev–Trinajstić information content (AvgIpc) is 3.22. The molecule has 0 N–H and O–H groups in total. The molecule has 0 saturated carbocycles. The molecule has 24 heavy (non-hydrogen) atoms. The van der Waals surface area contributed by atoms with Crippen LogP contribution in [0.25, 0.3) is 16.7 Å². The molecule has 0 aliphatic carbocycles. The smallest absolute Gasteiger partial charge is 0.100 e. The van der Waals surface area contributed by atoms with Crippen molar-refractivity contribution in [3.8, 4) is 5.69 Å². The maximum atomic E-state index is 4.50. The quantitative estimate of drug-likeness (QED) is 0.738. The van der Waals surface area contributed by atoms with Crippen molar-refractivity contribution in [1.82, 2.24) is 19.4 Å². The maximum Gasteiger partial charge on any atom is 0.100 e. The number of rotatable bonds is 4. The molecular weight excluding hydrogens is 296 g/mol. The van der Waals surface area contributed by atoms with Gasteiger partial charge >= 0.3 is 0 Å². The van der Waals surface area contributed by atoms with E-state index in [0.29, 0.717) is 6.04 Å². The van der Waals surface area contributed by atoms with Crippen LogP contribution in [0.2, 0.25) is 0 Å². The van der Waals surface area contributed by atoms with Crippen LogP contribution in [0.1, 0.15) is 12.0 Å². The molecule has 124 valence electrons. The Morgan fingerprint density at radius 2 is 2.00 bits per heavy atom. The molecule has 0 amide bonds. The lowest BCUT2D eigenvalue weighted by Crippen LogP contribution is -2.31. The van der Waals surface area contributed by atoms with Gasteiger partial charge in [0.1, 0.15) is 6.33 Å². The number of aromatic nitrogens is 2. The molecule has 4 nitrogen and oxygen atoms in total. The van der Waals surface area contributed by atoms with Gasteiger partial charge in [0.15, 0.2) is 0 Å². The summed E-state index contributed by atoms with van der Waals surface area (Å²) in [6.45, 7) is 3.36. The molecular formula is C20H24N4. The second-order valence-corrected chi connectivity index (χ2v) is 6.91. The Morgan fingerprint density at radius 1 is 1.12 bits per heavy atom. The monoisotopic (exact) mass is 320 g/mol. The normalized spacial score (nSPS) is 18.7. The van der Waals surface area contributed by atoms with Gasteiger partial charge in [-0.25, -0.2) is 4.98 Å². The van der Waals surface area contributed by atoms with Crippen molar-refractivity contribution in [1.29, 1.82) is 0 Å². The van der Waals surface area contributed by atoms with Crippen molar-refractivity contribution in [2.75, 3.05) is 27.2 Å². The summed E-state index contributed by atoms with van der Waals surface area (Å²) >= 11 is 0. The highest BCUT2D eigenvalue weighted by molar-refractivity contribution is 5.77. The molecule has 0 radical (unpaired) electrons. The Bertz CT molecular complexity index is 836. The van der Waals surface area contributed by atoms with Gasteiger partial charge in [-0.2, -0.15) is 0 Å². The van der Waals surface area contributed by atoms with E-state index >= 15 is 0 Å². The molecule has 1 aliphatic heterocycles. The van der Waals surface area contributed by atoms with Gasteiger partial charge in [0.05, 0.1) is 11.0 Å². The number of para-hydroxylation sites is 2. The van der Waals surface area contributed by atoms with Crippen LogP contribution in [-0.4, -0.2) is 52.6 Å². The van der Waals surface area contributed by atoms with Crippen molar-refractivity contribution in [2.45, 2.75) is 19.0 Å². The second kappa shape index (κ2) is 6.38. The number of benzene rings is 2. The fraction of sp³-hybridized carbons (Fsp3) is 0.350. The summed E-state index contributed by atoms with van der Waals surface area (Å²) in [7, 11) is 4.36. The van der Waals surface area contributed by atoms with E-state index in [-0.39, 0.29) is 0 Å². The van der Waals surface area contributed by atoms with E-state index in [1.807, 2.05) is 12.4 Å². The van der Waals surface area contributed by atoms with E-state index in [1.165, 1.54) is 24.2 Å². The van der Waals surface area contributed by atoms with E-state index in [1.54, 1.807) is 0 Å². The summed E-state index contributed by atoms with van der Waals surface area (Å²) in [5.41, 5.74) is 4.74. The predicted molar refractivity (Wildman–Crippen MR) is 98.4 cm³/mol. The lowest BCUT2D eigenvalue weighted by atomic mass is 10.2. The Labute approximate surface area is 143 Å². The minimum Gasteiger partial charge on any atom is -0.305 e. The van der Waals surface area contributed by atoms with Crippen LogP contribution in [-0.2, 0) is 6.54 Å². The van der Waals surface area contributed by atoms with Gasteiger partial charge in [-0.05, 0) is 50.3 Å². The van der Waals surface area contributed by atoms with Crippen molar-refractivity contribution >= 4 is 11.0 Å². The van der Waals surface area contributed by atoms with Gasteiger partial charge in [-0.3, -0.25) is 9.47 Å². The number of fused-ring (bicyclic) bond motifs is 1. The van der Waals surface area contributed by atoms with Crippen LogP contribution in [0.5, 0.6) is 0 Å². The van der Waals surface area contributed by atoms with Crippen molar-refractivity contribution in [3.63, 3.8) is 0 Å². The third kappa shape index (κ3) is 2.95.